The van der Waals surface area contributed by atoms with Gasteiger partial charge in [-0.25, -0.2) is 5.48 Å². The molecule has 2 atom stereocenters. The summed E-state index contributed by atoms with van der Waals surface area (Å²) in [4.78, 5) is 44.1. The van der Waals surface area contributed by atoms with E-state index >= 15 is 0 Å². The van der Waals surface area contributed by atoms with Gasteiger partial charge in [0, 0.05) is 18.9 Å². The number of hydrogen-bond acceptors (Lipinski definition) is 7. The summed E-state index contributed by atoms with van der Waals surface area (Å²) in [6, 6.07) is 19.4. The molecule has 3 amide bonds. The van der Waals surface area contributed by atoms with Crippen LogP contribution in [0, 0.1) is 30.6 Å². The topological polar surface area (TPSA) is 166 Å². The molecule has 4 N–H and O–H groups in total. The summed E-state index contributed by atoms with van der Waals surface area (Å²) < 4.78 is 29.6. The van der Waals surface area contributed by atoms with Gasteiger partial charge in [0.1, 0.15) is 0 Å². The highest BCUT2D eigenvalue weighted by atomic mass is 32.2. The molecule has 4 rings (SSSR count). The van der Waals surface area contributed by atoms with Crippen LogP contribution in [0.15, 0.2) is 84.0 Å². The molecule has 0 spiro atoms. The van der Waals surface area contributed by atoms with Crippen molar-refractivity contribution in [2.24, 2.45) is 23.7 Å². The summed E-state index contributed by atoms with van der Waals surface area (Å²) in [6.07, 6.45) is 13.1. The van der Waals surface area contributed by atoms with Crippen molar-refractivity contribution in [3.8, 4) is 0 Å². The number of rotatable bonds is 15. The van der Waals surface area contributed by atoms with Gasteiger partial charge in [0.25, 0.3) is 10.1 Å². The number of hydrazine groups is 1. The van der Waals surface area contributed by atoms with Crippen molar-refractivity contribution in [1.82, 2.24) is 20.9 Å². The quantitative estimate of drug-likeness (QED) is 0.0784. The molecule has 0 bridgehead atoms. The number of hydroxylamine groups is 1. The van der Waals surface area contributed by atoms with Crippen LogP contribution in [0.1, 0.15) is 88.3 Å². The number of carbonyl (C=O) groups excluding carboxylic acids is 3. The molecule has 0 saturated heterocycles. The lowest BCUT2D eigenvalue weighted by molar-refractivity contribution is -0.147. The Labute approximate surface area is 302 Å². The maximum atomic E-state index is 13.8. The zero-order valence-corrected chi connectivity index (χ0v) is 30.9. The Balaban J connectivity index is 0.000000542. The summed E-state index contributed by atoms with van der Waals surface area (Å²) in [5.74, 6) is -1.70. The first-order valence-corrected chi connectivity index (χ1v) is 19.3. The molecule has 278 valence electrons. The highest BCUT2D eigenvalue weighted by Crippen LogP contribution is 2.31. The molecule has 1 fully saturated rings. The van der Waals surface area contributed by atoms with Crippen LogP contribution in [-0.2, 0) is 37.3 Å². The molecule has 3 aromatic rings. The number of hydrogen-bond donors (Lipinski definition) is 4. The van der Waals surface area contributed by atoms with Crippen molar-refractivity contribution in [2.75, 3.05) is 6.54 Å². The molecule has 11 nitrogen and oxygen atoms in total. The van der Waals surface area contributed by atoms with Crippen molar-refractivity contribution in [2.45, 2.75) is 96.3 Å². The third-order valence-electron chi connectivity index (χ3n) is 9.26. The van der Waals surface area contributed by atoms with Crippen molar-refractivity contribution in [3.63, 3.8) is 0 Å². The number of aryl methyl sites for hydroxylation is 1. The van der Waals surface area contributed by atoms with Gasteiger partial charge in [-0.1, -0.05) is 113 Å². The third-order valence-corrected chi connectivity index (χ3v) is 10.1. The largest absolute Gasteiger partial charge is 0.294 e. The lowest BCUT2D eigenvalue weighted by atomic mass is 9.79. The molecule has 12 heteroatoms. The Morgan fingerprint density at radius 2 is 1.57 bits per heavy atom. The van der Waals surface area contributed by atoms with E-state index in [4.69, 9.17) is 4.55 Å². The summed E-state index contributed by atoms with van der Waals surface area (Å²) >= 11 is 0. The molecule has 1 heterocycles. The average molecular weight is 723 g/mol. The lowest BCUT2D eigenvalue weighted by Gasteiger charge is -2.30. The second kappa shape index (κ2) is 21.3. The average Bonchev–Trinajstić information content (AvgIpc) is 3.12. The molecule has 1 saturated carbocycles. The Kier molecular flexibility index (Phi) is 17.2. The van der Waals surface area contributed by atoms with Gasteiger partial charge in [0.05, 0.1) is 23.2 Å². The molecule has 0 radical (unpaired) electrons. The van der Waals surface area contributed by atoms with Gasteiger partial charge in [-0.05, 0) is 67.3 Å². The zero-order chi connectivity index (χ0) is 37.2. The van der Waals surface area contributed by atoms with Crippen LogP contribution in [0.25, 0.3) is 0 Å². The van der Waals surface area contributed by atoms with E-state index in [-0.39, 0.29) is 29.0 Å². The second-order valence-electron chi connectivity index (χ2n) is 13.8. The van der Waals surface area contributed by atoms with Crippen LogP contribution >= 0.6 is 0 Å². The highest BCUT2D eigenvalue weighted by Gasteiger charge is 2.35. The van der Waals surface area contributed by atoms with Gasteiger partial charge in [0.2, 0.25) is 17.7 Å². The Morgan fingerprint density at radius 3 is 2.16 bits per heavy atom. The lowest BCUT2D eigenvalue weighted by Crippen LogP contribution is -2.52. The fourth-order valence-corrected chi connectivity index (χ4v) is 6.97. The SMILES string of the molecule is CC(C)C[C@@H](C(=O)NN(CCc1ccccc1)C(=O)Cc1cccnc1)[C@H](CCCC1CCCCC1)C(=O)NO.Cc1ccc(S(=O)(=O)O)cc1. The molecule has 1 aromatic heterocycles. The standard InChI is InChI=1S/C32H46N4O4.C7H8O3S/c1-24(2)21-29(28(32(39)35-40)17-9-15-25-11-5-3-6-12-25)31(38)34-36(20-18-26-13-7-4-8-14-26)30(37)22-27-16-10-19-33-23-27;1-6-2-4-7(5-3-6)11(8,9)10/h4,7-8,10,13-14,16,19,23-25,28-29,40H,3,5-6,9,11-12,15,17-18,20-22H2,1-2H3,(H,34,38)(H,35,39);2-5H,1H3,(H,8,9,10)/t28-,29+;/m0./s1. The van der Waals surface area contributed by atoms with Crippen molar-refractivity contribution >= 4 is 27.8 Å². The smallest absolute Gasteiger partial charge is 0.289 e. The molecule has 0 aliphatic heterocycles. The summed E-state index contributed by atoms with van der Waals surface area (Å²) in [7, 11) is -4.02. The first-order chi connectivity index (χ1) is 24.4. The number of aromatic nitrogens is 1. The van der Waals surface area contributed by atoms with Gasteiger partial charge in [-0.3, -0.25) is 39.6 Å². The molecule has 1 aliphatic rings. The number of pyridine rings is 1. The normalized spacial score (nSPS) is 14.5. The summed E-state index contributed by atoms with van der Waals surface area (Å²) in [6.45, 7) is 6.16. The van der Waals surface area contributed by atoms with E-state index in [1.165, 1.54) is 49.2 Å². The van der Waals surface area contributed by atoms with Gasteiger partial charge in [-0.15, -0.1) is 0 Å². The number of amides is 3. The maximum Gasteiger partial charge on any atom is 0.294 e. The van der Waals surface area contributed by atoms with E-state index in [2.05, 4.69) is 10.4 Å². The van der Waals surface area contributed by atoms with Crippen molar-refractivity contribution in [3.05, 3.63) is 95.8 Å². The number of benzene rings is 2. The first kappa shape index (κ1) is 41.3. The minimum Gasteiger partial charge on any atom is -0.289 e. The van der Waals surface area contributed by atoms with Gasteiger partial charge in [0.15, 0.2) is 0 Å². The van der Waals surface area contributed by atoms with E-state index in [0.29, 0.717) is 31.7 Å². The van der Waals surface area contributed by atoms with E-state index in [9.17, 15) is 28.0 Å². The van der Waals surface area contributed by atoms with E-state index in [1.54, 1.807) is 30.6 Å². The van der Waals surface area contributed by atoms with Crippen LogP contribution in [0.5, 0.6) is 0 Å². The molecule has 51 heavy (non-hydrogen) atoms. The zero-order valence-electron chi connectivity index (χ0n) is 30.0. The molecular weight excluding hydrogens is 669 g/mol. The van der Waals surface area contributed by atoms with Gasteiger partial charge >= 0.3 is 0 Å². The first-order valence-electron chi connectivity index (χ1n) is 17.9. The van der Waals surface area contributed by atoms with E-state index < -0.39 is 27.9 Å². The van der Waals surface area contributed by atoms with Crippen molar-refractivity contribution in [1.29, 1.82) is 0 Å². The van der Waals surface area contributed by atoms with Crippen LogP contribution in [0.4, 0.5) is 0 Å². The Morgan fingerprint density at radius 1 is 0.902 bits per heavy atom. The fraction of sp³-hybridized carbons (Fsp3) is 0.487. The van der Waals surface area contributed by atoms with Crippen LogP contribution < -0.4 is 10.9 Å². The van der Waals surface area contributed by atoms with Crippen molar-refractivity contribution < 1.29 is 32.6 Å². The summed E-state index contributed by atoms with van der Waals surface area (Å²) in [5.41, 5.74) is 7.45. The minimum absolute atomic E-state index is 0.0666. The van der Waals surface area contributed by atoms with Gasteiger partial charge < -0.3 is 0 Å². The fourth-order valence-electron chi connectivity index (χ4n) is 6.49. The number of nitrogens with one attached hydrogen (secondary N) is 2. The predicted molar refractivity (Wildman–Crippen MR) is 196 cm³/mol. The maximum absolute atomic E-state index is 13.8. The number of carbonyl (C=O) groups is 3. The minimum atomic E-state index is -4.02. The van der Waals surface area contributed by atoms with Crippen LogP contribution in [0.3, 0.4) is 0 Å². The summed E-state index contributed by atoms with van der Waals surface area (Å²) in [5, 5.41) is 10.9. The monoisotopic (exact) mass is 722 g/mol. The van der Waals surface area contributed by atoms with E-state index in [0.717, 1.165) is 29.5 Å². The molecule has 2 aromatic carbocycles. The Bertz CT molecular complexity index is 1600. The third kappa shape index (κ3) is 14.9. The molecular formula is C39H54N4O7S. The number of nitrogens with zero attached hydrogens (tertiary/aromatic N) is 2. The van der Waals surface area contributed by atoms with Crippen LogP contribution in [0.2, 0.25) is 0 Å². The predicted octanol–water partition coefficient (Wildman–Crippen LogP) is 6.50. The Hall–Kier alpha value is -4.13. The molecule has 1 aliphatic carbocycles. The molecule has 0 unspecified atom stereocenters. The second-order valence-corrected chi connectivity index (χ2v) is 15.3. The van der Waals surface area contributed by atoms with Crippen LogP contribution in [-0.4, -0.2) is 52.4 Å². The van der Waals surface area contributed by atoms with E-state index in [1.807, 2.05) is 62.6 Å². The highest BCUT2D eigenvalue weighted by molar-refractivity contribution is 7.85. The van der Waals surface area contributed by atoms with Gasteiger partial charge in [-0.2, -0.15) is 8.42 Å².